The van der Waals surface area contributed by atoms with Gasteiger partial charge in [0.05, 0.1) is 11.8 Å². The fourth-order valence-corrected chi connectivity index (χ4v) is 4.12. The Hall–Kier alpha value is -1.58. The van der Waals surface area contributed by atoms with Gasteiger partial charge in [-0.1, -0.05) is 6.08 Å². The topological polar surface area (TPSA) is 75.8 Å². The van der Waals surface area contributed by atoms with Crippen LogP contribution in [0.1, 0.15) is 10.5 Å². The van der Waals surface area contributed by atoms with E-state index in [4.69, 9.17) is 4.42 Å². The molecule has 0 N–H and O–H groups in total. The molecule has 1 aliphatic rings. The van der Waals surface area contributed by atoms with Gasteiger partial charge in [0.25, 0.3) is 5.91 Å². The third kappa shape index (κ3) is 3.15. The Balaban J connectivity index is 1.85. The van der Waals surface area contributed by atoms with E-state index >= 15 is 0 Å². The second-order valence-electron chi connectivity index (χ2n) is 5.68. The molecule has 2 aromatic rings. The average Bonchev–Trinajstić information content (AvgIpc) is 3.03. The summed E-state index contributed by atoms with van der Waals surface area (Å²) in [7, 11) is -3.22. The van der Waals surface area contributed by atoms with Crippen molar-refractivity contribution >= 4 is 43.0 Å². The molecule has 3 heterocycles. The van der Waals surface area contributed by atoms with Crippen LogP contribution in [0.25, 0.3) is 11.1 Å². The van der Waals surface area contributed by atoms with Crippen LogP contribution in [-0.2, 0) is 16.6 Å². The Labute approximate surface area is 148 Å². The van der Waals surface area contributed by atoms with E-state index in [1.807, 2.05) is 10.6 Å². The van der Waals surface area contributed by atoms with Crippen LogP contribution in [0.5, 0.6) is 0 Å². The number of nitrogens with zero attached hydrogens (tertiary/aromatic N) is 3. The van der Waals surface area contributed by atoms with Crippen molar-refractivity contribution in [2.24, 2.45) is 0 Å². The summed E-state index contributed by atoms with van der Waals surface area (Å²) in [6.45, 7) is 5.59. The van der Waals surface area contributed by atoms with E-state index < -0.39 is 10.0 Å². The van der Waals surface area contributed by atoms with Crippen LogP contribution in [-0.4, -0.2) is 60.5 Å². The van der Waals surface area contributed by atoms with E-state index in [1.54, 1.807) is 17.0 Å². The van der Waals surface area contributed by atoms with E-state index in [-0.39, 0.29) is 5.91 Å². The number of hydrogen-bond donors (Lipinski definition) is 0. The minimum atomic E-state index is -3.22. The van der Waals surface area contributed by atoms with Gasteiger partial charge in [0.15, 0.2) is 10.3 Å². The van der Waals surface area contributed by atoms with Crippen LogP contribution in [0.4, 0.5) is 0 Å². The van der Waals surface area contributed by atoms with Crippen molar-refractivity contribution in [3.05, 3.63) is 35.2 Å². The third-order valence-electron chi connectivity index (χ3n) is 4.09. The number of carbonyl (C=O) groups excluding carboxylic acids is 1. The lowest BCUT2D eigenvalue weighted by Crippen LogP contribution is -2.50. The lowest BCUT2D eigenvalue weighted by Gasteiger charge is -2.33. The van der Waals surface area contributed by atoms with Gasteiger partial charge in [0, 0.05) is 44.9 Å². The summed E-state index contributed by atoms with van der Waals surface area (Å²) in [6.07, 6.45) is 2.91. The molecule has 3 rings (SSSR count). The quantitative estimate of drug-likeness (QED) is 0.714. The van der Waals surface area contributed by atoms with E-state index in [2.05, 4.69) is 22.5 Å². The number of fused-ring (bicyclic) bond motifs is 1. The van der Waals surface area contributed by atoms with Crippen LogP contribution in [0.2, 0.25) is 0 Å². The lowest BCUT2D eigenvalue weighted by atomic mass is 10.3. The average molecular weight is 416 g/mol. The maximum atomic E-state index is 12.9. The number of rotatable bonds is 4. The summed E-state index contributed by atoms with van der Waals surface area (Å²) >= 11 is 3.29. The molecule has 2 aromatic heterocycles. The van der Waals surface area contributed by atoms with E-state index in [0.29, 0.717) is 48.7 Å². The van der Waals surface area contributed by atoms with Crippen LogP contribution in [0.3, 0.4) is 0 Å². The molecule has 1 fully saturated rings. The van der Waals surface area contributed by atoms with E-state index in [0.717, 1.165) is 5.52 Å². The number of sulfonamides is 1. The van der Waals surface area contributed by atoms with Gasteiger partial charge in [-0.05, 0) is 15.9 Å². The molecule has 0 bridgehead atoms. The lowest BCUT2D eigenvalue weighted by molar-refractivity contribution is 0.0688. The monoisotopic (exact) mass is 415 g/mol. The summed E-state index contributed by atoms with van der Waals surface area (Å²) in [5.41, 5.74) is 1.96. The summed E-state index contributed by atoms with van der Waals surface area (Å²) < 4.78 is 32.5. The zero-order valence-corrected chi connectivity index (χ0v) is 15.6. The van der Waals surface area contributed by atoms with Crippen molar-refractivity contribution in [2.75, 3.05) is 32.4 Å². The molecule has 1 saturated heterocycles. The molecular weight excluding hydrogens is 398 g/mol. The van der Waals surface area contributed by atoms with Crippen LogP contribution >= 0.6 is 15.9 Å². The Morgan fingerprint density at radius 3 is 2.58 bits per heavy atom. The number of amides is 1. The number of furan rings is 1. The number of halogens is 1. The molecule has 1 aliphatic heterocycles. The second-order valence-corrected chi connectivity index (χ2v) is 8.45. The van der Waals surface area contributed by atoms with Crippen molar-refractivity contribution < 1.29 is 17.6 Å². The number of allylic oxidation sites excluding steroid dienone is 1. The third-order valence-corrected chi connectivity index (χ3v) is 5.78. The van der Waals surface area contributed by atoms with E-state index in [9.17, 15) is 13.2 Å². The van der Waals surface area contributed by atoms with E-state index in [1.165, 1.54) is 10.6 Å². The molecule has 1 amide bonds. The van der Waals surface area contributed by atoms with Crippen molar-refractivity contribution in [3.8, 4) is 0 Å². The first-order valence-electron chi connectivity index (χ1n) is 7.45. The smallest absolute Gasteiger partial charge is 0.270 e. The normalized spacial score (nSPS) is 16.7. The predicted octanol–water partition coefficient (Wildman–Crippen LogP) is 1.90. The first-order chi connectivity index (χ1) is 11.3. The minimum absolute atomic E-state index is 0.132. The molecule has 0 spiro atoms. The SMILES string of the molecule is C=CCn1c(C(=O)N2CCN(S(C)(=O)=O)CC2)cc2oc(Br)cc21. The maximum absolute atomic E-state index is 12.9. The molecule has 9 heteroatoms. The summed E-state index contributed by atoms with van der Waals surface area (Å²) in [5, 5.41) is 0. The second kappa shape index (κ2) is 6.38. The fourth-order valence-electron chi connectivity index (χ4n) is 2.90. The van der Waals surface area contributed by atoms with Gasteiger partial charge in [0.1, 0.15) is 5.69 Å². The predicted molar refractivity (Wildman–Crippen MR) is 94.4 cm³/mol. The van der Waals surface area contributed by atoms with Crippen LogP contribution < -0.4 is 0 Å². The molecule has 0 radical (unpaired) electrons. The summed E-state index contributed by atoms with van der Waals surface area (Å²) in [5.74, 6) is -0.132. The Kier molecular flexibility index (Phi) is 4.58. The highest BCUT2D eigenvalue weighted by Crippen LogP contribution is 2.28. The van der Waals surface area contributed by atoms with Crippen LogP contribution in [0.15, 0.2) is 33.9 Å². The van der Waals surface area contributed by atoms with Gasteiger partial charge in [-0.15, -0.1) is 6.58 Å². The standard InChI is InChI=1S/C15H18BrN3O4S/c1-3-4-19-11-10-14(16)23-13(11)9-12(19)15(20)17-5-7-18(8-6-17)24(2,21)22/h3,9-10H,1,4-8H2,2H3. The Morgan fingerprint density at radius 2 is 2.00 bits per heavy atom. The maximum Gasteiger partial charge on any atom is 0.270 e. The zero-order chi connectivity index (χ0) is 17.5. The molecule has 0 atom stereocenters. The molecule has 0 saturated carbocycles. The van der Waals surface area contributed by atoms with Gasteiger partial charge < -0.3 is 13.9 Å². The zero-order valence-electron chi connectivity index (χ0n) is 13.2. The highest BCUT2D eigenvalue weighted by atomic mass is 79.9. The number of piperazine rings is 1. The molecular formula is C15H18BrN3O4S. The van der Waals surface area contributed by atoms with Crippen molar-refractivity contribution in [3.63, 3.8) is 0 Å². The highest BCUT2D eigenvalue weighted by molar-refractivity contribution is 9.10. The fraction of sp³-hybridized carbons (Fsp3) is 0.400. The van der Waals surface area contributed by atoms with Crippen LogP contribution in [0, 0.1) is 0 Å². The molecule has 0 aromatic carbocycles. The molecule has 0 aliphatic carbocycles. The van der Waals surface area contributed by atoms with Crippen molar-refractivity contribution in [1.82, 2.24) is 13.8 Å². The van der Waals surface area contributed by atoms with Gasteiger partial charge in [-0.25, -0.2) is 8.42 Å². The number of aromatic nitrogens is 1. The van der Waals surface area contributed by atoms with Crippen molar-refractivity contribution in [2.45, 2.75) is 6.54 Å². The van der Waals surface area contributed by atoms with Gasteiger partial charge >= 0.3 is 0 Å². The molecule has 7 nitrogen and oxygen atoms in total. The largest absolute Gasteiger partial charge is 0.448 e. The first-order valence-corrected chi connectivity index (χ1v) is 10.1. The van der Waals surface area contributed by atoms with Crippen molar-refractivity contribution in [1.29, 1.82) is 0 Å². The van der Waals surface area contributed by atoms with Gasteiger partial charge in [-0.3, -0.25) is 4.79 Å². The summed E-state index contributed by atoms with van der Waals surface area (Å²) in [4.78, 5) is 14.5. The number of carbonyl (C=O) groups is 1. The minimum Gasteiger partial charge on any atom is -0.448 e. The molecule has 130 valence electrons. The summed E-state index contributed by atoms with van der Waals surface area (Å²) in [6, 6.07) is 3.53. The first kappa shape index (κ1) is 17.2. The number of hydrogen-bond acceptors (Lipinski definition) is 4. The van der Waals surface area contributed by atoms with Gasteiger partial charge in [-0.2, -0.15) is 4.31 Å². The molecule has 24 heavy (non-hydrogen) atoms. The van der Waals surface area contributed by atoms with Gasteiger partial charge in [0.2, 0.25) is 10.0 Å². The Morgan fingerprint density at radius 1 is 1.33 bits per heavy atom. The highest BCUT2D eigenvalue weighted by Gasteiger charge is 2.28. The Bertz CT molecular complexity index is 891. The molecule has 0 unspecified atom stereocenters.